The number of nitriles is 1. The zero-order chi connectivity index (χ0) is 13.0. The molecular weight excluding hydrogens is 222 g/mol. The van der Waals surface area contributed by atoms with Crippen molar-refractivity contribution in [2.24, 2.45) is 0 Å². The first-order chi connectivity index (χ1) is 8.64. The van der Waals surface area contributed by atoms with Gasteiger partial charge in [-0.2, -0.15) is 5.26 Å². The molecule has 18 heavy (non-hydrogen) atoms. The Hall–Kier alpha value is -2.27. The van der Waals surface area contributed by atoms with Crippen molar-refractivity contribution < 1.29 is 5.11 Å². The van der Waals surface area contributed by atoms with Gasteiger partial charge in [-0.25, -0.2) is 0 Å². The van der Waals surface area contributed by atoms with E-state index in [0.29, 0.717) is 6.42 Å². The number of phenolic OH excluding ortho intramolecular Hbond substituents is 1. The van der Waals surface area contributed by atoms with Crippen LogP contribution in [0.2, 0.25) is 0 Å². The average molecular weight is 237 g/mol. The van der Waals surface area contributed by atoms with E-state index < -0.39 is 5.41 Å². The van der Waals surface area contributed by atoms with Gasteiger partial charge in [0.05, 0.1) is 11.5 Å². The Morgan fingerprint density at radius 1 is 1.06 bits per heavy atom. The summed E-state index contributed by atoms with van der Waals surface area (Å²) in [5.41, 5.74) is 1.48. The predicted molar refractivity (Wildman–Crippen MR) is 71.2 cm³/mol. The molecule has 1 N–H and O–H groups in total. The highest BCUT2D eigenvalue weighted by Crippen LogP contribution is 2.28. The van der Waals surface area contributed by atoms with Crippen molar-refractivity contribution in [2.45, 2.75) is 18.8 Å². The third kappa shape index (κ3) is 2.52. The first kappa shape index (κ1) is 12.2. The largest absolute Gasteiger partial charge is 0.508 e. The molecule has 0 fully saturated rings. The summed E-state index contributed by atoms with van der Waals surface area (Å²) in [5.74, 6) is 0.221. The quantitative estimate of drug-likeness (QED) is 0.889. The molecule has 2 heteroatoms. The highest BCUT2D eigenvalue weighted by molar-refractivity contribution is 5.37. The number of benzene rings is 2. The molecule has 1 unspecified atom stereocenters. The molecule has 0 heterocycles. The smallest absolute Gasteiger partial charge is 0.115 e. The lowest BCUT2D eigenvalue weighted by Gasteiger charge is -2.22. The van der Waals surface area contributed by atoms with Crippen LogP contribution >= 0.6 is 0 Å². The van der Waals surface area contributed by atoms with Gasteiger partial charge in [-0.3, -0.25) is 0 Å². The normalized spacial score (nSPS) is 13.6. The van der Waals surface area contributed by atoms with E-state index >= 15 is 0 Å². The highest BCUT2D eigenvalue weighted by Gasteiger charge is 2.26. The van der Waals surface area contributed by atoms with Crippen LogP contribution in [-0.2, 0) is 11.8 Å². The number of nitrogens with zero attached hydrogens (tertiary/aromatic N) is 1. The van der Waals surface area contributed by atoms with E-state index in [0.717, 1.165) is 11.1 Å². The first-order valence-electron chi connectivity index (χ1n) is 5.89. The molecule has 0 spiro atoms. The topological polar surface area (TPSA) is 44.0 Å². The van der Waals surface area contributed by atoms with Gasteiger partial charge in [0.15, 0.2) is 0 Å². The molecule has 0 saturated heterocycles. The number of hydrogen-bond donors (Lipinski definition) is 1. The molecule has 0 aliphatic heterocycles. The standard InChI is InChI=1S/C16H15NO/c1-16(12-17,11-13-5-3-2-4-6-13)14-7-9-15(18)10-8-14/h2-10,18H,11H2,1H3. The number of hydrogen-bond acceptors (Lipinski definition) is 2. The molecule has 0 amide bonds. The van der Waals surface area contributed by atoms with Crippen LogP contribution in [0.5, 0.6) is 5.75 Å². The number of aromatic hydroxyl groups is 1. The molecule has 0 aliphatic rings. The maximum absolute atomic E-state index is 9.46. The Balaban J connectivity index is 2.32. The number of rotatable bonds is 3. The van der Waals surface area contributed by atoms with Crippen molar-refractivity contribution in [3.63, 3.8) is 0 Å². The summed E-state index contributed by atoms with van der Waals surface area (Å²) in [4.78, 5) is 0. The zero-order valence-corrected chi connectivity index (χ0v) is 10.3. The molecule has 2 aromatic rings. The van der Waals surface area contributed by atoms with Gasteiger partial charge < -0.3 is 5.11 Å². The SMILES string of the molecule is CC(C#N)(Cc1ccccc1)c1ccc(O)cc1. The first-order valence-corrected chi connectivity index (χ1v) is 5.89. The van der Waals surface area contributed by atoms with Crippen LogP contribution in [0.1, 0.15) is 18.1 Å². The van der Waals surface area contributed by atoms with Gasteiger partial charge in [-0.05, 0) is 36.6 Å². The Bertz CT molecular complexity index is 554. The van der Waals surface area contributed by atoms with Crippen LogP contribution in [0.15, 0.2) is 54.6 Å². The zero-order valence-electron chi connectivity index (χ0n) is 10.3. The second-order valence-corrected chi connectivity index (χ2v) is 4.65. The minimum Gasteiger partial charge on any atom is -0.508 e. The monoisotopic (exact) mass is 237 g/mol. The summed E-state index contributed by atoms with van der Waals surface area (Å²) in [6.45, 7) is 1.92. The van der Waals surface area contributed by atoms with Crippen molar-refractivity contribution >= 4 is 0 Å². The Morgan fingerprint density at radius 2 is 1.67 bits per heavy atom. The van der Waals surface area contributed by atoms with E-state index in [9.17, 15) is 10.4 Å². The lowest BCUT2D eigenvalue weighted by atomic mass is 9.78. The Labute approximate surface area is 107 Å². The van der Waals surface area contributed by atoms with Crippen LogP contribution in [0.25, 0.3) is 0 Å². The van der Waals surface area contributed by atoms with E-state index in [-0.39, 0.29) is 5.75 Å². The van der Waals surface area contributed by atoms with E-state index in [4.69, 9.17) is 0 Å². The van der Waals surface area contributed by atoms with Gasteiger partial charge in [0.2, 0.25) is 0 Å². The van der Waals surface area contributed by atoms with Crippen LogP contribution in [0.4, 0.5) is 0 Å². The Kier molecular flexibility index (Phi) is 3.34. The lowest BCUT2D eigenvalue weighted by Crippen LogP contribution is -2.22. The molecule has 2 nitrogen and oxygen atoms in total. The summed E-state index contributed by atoms with van der Waals surface area (Å²) in [7, 11) is 0. The summed E-state index contributed by atoms with van der Waals surface area (Å²) >= 11 is 0. The summed E-state index contributed by atoms with van der Waals surface area (Å²) in [6.07, 6.45) is 0.662. The molecule has 0 bridgehead atoms. The number of phenols is 1. The van der Waals surface area contributed by atoms with Crippen molar-refractivity contribution in [1.29, 1.82) is 5.26 Å². The minimum absolute atomic E-state index is 0.221. The van der Waals surface area contributed by atoms with Crippen LogP contribution in [-0.4, -0.2) is 5.11 Å². The van der Waals surface area contributed by atoms with Gasteiger partial charge in [-0.15, -0.1) is 0 Å². The Morgan fingerprint density at radius 3 is 2.22 bits per heavy atom. The van der Waals surface area contributed by atoms with Crippen molar-refractivity contribution in [3.8, 4) is 11.8 Å². The van der Waals surface area contributed by atoms with E-state index in [2.05, 4.69) is 6.07 Å². The van der Waals surface area contributed by atoms with Gasteiger partial charge in [0, 0.05) is 0 Å². The minimum atomic E-state index is -0.574. The van der Waals surface area contributed by atoms with Crippen molar-refractivity contribution in [2.75, 3.05) is 0 Å². The second kappa shape index (κ2) is 4.93. The maximum Gasteiger partial charge on any atom is 0.115 e. The van der Waals surface area contributed by atoms with Gasteiger partial charge in [0.1, 0.15) is 5.75 Å². The van der Waals surface area contributed by atoms with Crippen molar-refractivity contribution in [3.05, 3.63) is 65.7 Å². The van der Waals surface area contributed by atoms with Gasteiger partial charge in [0.25, 0.3) is 0 Å². The fraction of sp³-hybridized carbons (Fsp3) is 0.188. The van der Waals surface area contributed by atoms with Gasteiger partial charge >= 0.3 is 0 Å². The molecular formula is C16H15NO. The summed E-state index contributed by atoms with van der Waals surface area (Å²) in [5, 5.41) is 18.8. The molecule has 0 aromatic heterocycles. The summed E-state index contributed by atoms with van der Waals surface area (Å²) < 4.78 is 0. The van der Waals surface area contributed by atoms with Crippen LogP contribution in [0.3, 0.4) is 0 Å². The fourth-order valence-corrected chi connectivity index (χ4v) is 2.04. The van der Waals surface area contributed by atoms with E-state index in [1.165, 1.54) is 0 Å². The second-order valence-electron chi connectivity index (χ2n) is 4.65. The van der Waals surface area contributed by atoms with E-state index in [1.807, 2.05) is 49.4 Å². The maximum atomic E-state index is 9.46. The molecule has 90 valence electrons. The van der Waals surface area contributed by atoms with Crippen LogP contribution < -0.4 is 0 Å². The predicted octanol–water partition coefficient (Wildman–Crippen LogP) is 3.42. The average Bonchev–Trinajstić information content (AvgIpc) is 2.40. The van der Waals surface area contributed by atoms with Crippen molar-refractivity contribution in [1.82, 2.24) is 0 Å². The molecule has 0 radical (unpaired) electrons. The molecule has 2 aromatic carbocycles. The molecule has 2 rings (SSSR count). The van der Waals surface area contributed by atoms with E-state index in [1.54, 1.807) is 12.1 Å². The van der Waals surface area contributed by atoms with Gasteiger partial charge in [-0.1, -0.05) is 42.5 Å². The highest BCUT2D eigenvalue weighted by atomic mass is 16.3. The molecule has 1 atom stereocenters. The fourth-order valence-electron chi connectivity index (χ4n) is 2.04. The molecule has 0 aliphatic carbocycles. The van der Waals surface area contributed by atoms with Crippen LogP contribution in [0, 0.1) is 11.3 Å². The lowest BCUT2D eigenvalue weighted by molar-refractivity contribution is 0.474. The third-order valence-corrected chi connectivity index (χ3v) is 3.15. The summed E-state index contributed by atoms with van der Waals surface area (Å²) in [6, 6.07) is 19.2. The molecule has 0 saturated carbocycles. The third-order valence-electron chi connectivity index (χ3n) is 3.15.